The molecule has 1 aliphatic heterocycles. The SMILES string of the molecule is Cl.NCc1cnc(-c2ncc(CNC(=O)c3ccc4c(c3)NC(=O)c3ccccc3S4)s2)s1. The van der Waals surface area contributed by atoms with Gasteiger partial charge in [-0.2, -0.15) is 0 Å². The third-order valence-corrected chi connectivity index (χ3v) is 8.07. The van der Waals surface area contributed by atoms with Crippen molar-refractivity contribution in [3.8, 4) is 10.0 Å². The molecule has 0 radical (unpaired) electrons. The molecule has 7 nitrogen and oxygen atoms in total. The zero-order valence-electron chi connectivity index (χ0n) is 17.0. The minimum atomic E-state index is -0.219. The van der Waals surface area contributed by atoms with Crippen LogP contribution in [0.3, 0.4) is 0 Å². The lowest BCUT2D eigenvalue weighted by molar-refractivity contribution is 0.0949. The number of nitrogens with one attached hydrogen (secondary N) is 2. The molecule has 0 saturated heterocycles. The number of hydrogen-bond donors (Lipinski definition) is 3. The minimum Gasteiger partial charge on any atom is -0.347 e. The van der Waals surface area contributed by atoms with E-state index in [9.17, 15) is 9.59 Å². The topological polar surface area (TPSA) is 110 Å². The predicted molar refractivity (Wildman–Crippen MR) is 134 cm³/mol. The molecule has 168 valence electrons. The van der Waals surface area contributed by atoms with Crippen molar-refractivity contribution in [2.75, 3.05) is 5.32 Å². The average Bonchev–Trinajstić information content (AvgIpc) is 3.45. The number of hydrogen-bond acceptors (Lipinski definition) is 8. The number of rotatable bonds is 5. The number of carbonyl (C=O) groups is 2. The number of thiazole rings is 2. The maximum Gasteiger partial charge on any atom is 0.256 e. The van der Waals surface area contributed by atoms with E-state index in [2.05, 4.69) is 20.6 Å². The Hall–Kier alpha value is -2.76. The fourth-order valence-electron chi connectivity index (χ4n) is 3.17. The van der Waals surface area contributed by atoms with Gasteiger partial charge in [0.05, 0.1) is 17.8 Å². The van der Waals surface area contributed by atoms with Crippen LogP contribution in [0.15, 0.2) is 64.6 Å². The van der Waals surface area contributed by atoms with Crippen molar-refractivity contribution < 1.29 is 9.59 Å². The summed E-state index contributed by atoms with van der Waals surface area (Å²) in [5.74, 6) is -0.398. The highest BCUT2D eigenvalue weighted by atomic mass is 35.5. The average molecular weight is 516 g/mol. The van der Waals surface area contributed by atoms with Crippen molar-refractivity contribution in [3.05, 3.63) is 75.7 Å². The van der Waals surface area contributed by atoms with Crippen molar-refractivity contribution in [2.24, 2.45) is 5.73 Å². The molecule has 4 N–H and O–H groups in total. The van der Waals surface area contributed by atoms with Gasteiger partial charge in [0.1, 0.15) is 0 Å². The lowest BCUT2D eigenvalue weighted by Gasteiger charge is -2.09. The molecule has 0 spiro atoms. The van der Waals surface area contributed by atoms with Gasteiger partial charge in [-0.05, 0) is 30.3 Å². The standard InChI is InChI=1S/C22H17N5O2S3.ClH/c23-8-13-9-25-21(30-13)22-26-11-14(31-22)10-24-19(28)12-5-6-18-16(7-12)27-20(29)15-3-1-2-4-17(15)32-18;/h1-7,9,11H,8,10,23H2,(H,24,28)(H,27,29);1H. The fraction of sp³-hybridized carbons (Fsp3) is 0.0909. The summed E-state index contributed by atoms with van der Waals surface area (Å²) in [5, 5.41) is 7.47. The number of nitrogens with zero attached hydrogens (tertiary/aromatic N) is 2. The number of nitrogens with two attached hydrogens (primary N) is 1. The minimum absolute atomic E-state index is 0. The van der Waals surface area contributed by atoms with E-state index in [1.165, 1.54) is 34.4 Å². The zero-order chi connectivity index (χ0) is 22.1. The number of halogens is 1. The Balaban J connectivity index is 0.00000259. The Morgan fingerprint density at radius 2 is 1.73 bits per heavy atom. The lowest BCUT2D eigenvalue weighted by Crippen LogP contribution is -2.22. The predicted octanol–water partition coefficient (Wildman–Crippen LogP) is 4.79. The molecule has 4 aromatic rings. The molecule has 0 saturated carbocycles. The molecule has 0 atom stereocenters. The van der Waals surface area contributed by atoms with Gasteiger partial charge in [0.15, 0.2) is 10.0 Å². The zero-order valence-corrected chi connectivity index (χ0v) is 20.3. The van der Waals surface area contributed by atoms with Crippen LogP contribution < -0.4 is 16.4 Å². The van der Waals surface area contributed by atoms with Gasteiger partial charge in [-0.15, -0.1) is 35.1 Å². The van der Waals surface area contributed by atoms with Crippen LogP contribution >= 0.6 is 46.8 Å². The summed E-state index contributed by atoms with van der Waals surface area (Å²) in [6.45, 7) is 0.813. The van der Waals surface area contributed by atoms with E-state index in [0.29, 0.717) is 29.9 Å². The number of benzene rings is 2. The largest absolute Gasteiger partial charge is 0.347 e. The molecular formula is C22H18ClN5O2S3. The number of fused-ring (bicyclic) bond motifs is 2. The normalized spacial score (nSPS) is 12.1. The summed E-state index contributed by atoms with van der Waals surface area (Å²) in [4.78, 5) is 37.8. The monoisotopic (exact) mass is 515 g/mol. The molecule has 0 bridgehead atoms. The van der Waals surface area contributed by atoms with Gasteiger partial charge in [0.2, 0.25) is 0 Å². The molecule has 5 rings (SSSR count). The first-order valence-electron chi connectivity index (χ1n) is 9.71. The first-order valence-corrected chi connectivity index (χ1v) is 12.2. The van der Waals surface area contributed by atoms with Crippen molar-refractivity contribution in [3.63, 3.8) is 0 Å². The summed E-state index contributed by atoms with van der Waals surface area (Å²) in [6, 6.07) is 12.8. The van der Waals surface area contributed by atoms with E-state index < -0.39 is 0 Å². The van der Waals surface area contributed by atoms with E-state index in [1.807, 2.05) is 24.3 Å². The lowest BCUT2D eigenvalue weighted by atomic mass is 10.1. The maximum atomic E-state index is 12.7. The summed E-state index contributed by atoms with van der Waals surface area (Å²) < 4.78 is 0. The Morgan fingerprint density at radius 3 is 2.48 bits per heavy atom. The van der Waals surface area contributed by atoms with Gasteiger partial charge in [-0.25, -0.2) is 9.97 Å². The smallest absolute Gasteiger partial charge is 0.256 e. The summed E-state index contributed by atoms with van der Waals surface area (Å²) >= 11 is 4.51. The number of aromatic nitrogens is 2. The Morgan fingerprint density at radius 1 is 1.00 bits per heavy atom. The van der Waals surface area contributed by atoms with Gasteiger partial charge >= 0.3 is 0 Å². The van der Waals surface area contributed by atoms with Crippen LogP contribution in [0.4, 0.5) is 5.69 Å². The van der Waals surface area contributed by atoms with Crippen molar-refractivity contribution in [1.29, 1.82) is 0 Å². The highest BCUT2D eigenvalue weighted by molar-refractivity contribution is 7.99. The van der Waals surface area contributed by atoms with E-state index in [1.54, 1.807) is 30.6 Å². The van der Waals surface area contributed by atoms with E-state index >= 15 is 0 Å². The van der Waals surface area contributed by atoms with E-state index in [-0.39, 0.29) is 24.2 Å². The van der Waals surface area contributed by atoms with Crippen molar-refractivity contribution in [1.82, 2.24) is 15.3 Å². The second-order valence-corrected chi connectivity index (χ2v) is 10.2. The van der Waals surface area contributed by atoms with Gasteiger partial charge in [-0.1, -0.05) is 23.9 Å². The molecule has 3 heterocycles. The second kappa shape index (κ2) is 10.0. The molecule has 2 aromatic heterocycles. The van der Waals surface area contributed by atoms with Crippen LogP contribution in [-0.2, 0) is 13.1 Å². The van der Waals surface area contributed by atoms with Crippen molar-refractivity contribution in [2.45, 2.75) is 22.9 Å². The molecule has 0 aliphatic carbocycles. The van der Waals surface area contributed by atoms with Crippen LogP contribution in [-0.4, -0.2) is 21.8 Å². The molecule has 2 aromatic carbocycles. The molecule has 2 amide bonds. The molecular weight excluding hydrogens is 498 g/mol. The Labute approximate surface area is 208 Å². The molecule has 0 unspecified atom stereocenters. The van der Waals surface area contributed by atoms with Crippen LogP contribution in [0.25, 0.3) is 10.0 Å². The third-order valence-electron chi connectivity index (χ3n) is 4.76. The van der Waals surface area contributed by atoms with Gasteiger partial charge in [-0.3, -0.25) is 9.59 Å². The molecule has 33 heavy (non-hydrogen) atoms. The molecule has 0 fully saturated rings. The molecule has 1 aliphatic rings. The number of amides is 2. The van der Waals surface area contributed by atoms with E-state index in [4.69, 9.17) is 5.73 Å². The van der Waals surface area contributed by atoms with Gasteiger partial charge < -0.3 is 16.4 Å². The fourth-order valence-corrected chi connectivity index (χ4v) is 5.85. The first kappa shape index (κ1) is 23.4. The van der Waals surface area contributed by atoms with Gasteiger partial charge in [0, 0.05) is 44.0 Å². The number of carbonyl (C=O) groups excluding carboxylic acids is 2. The highest BCUT2D eigenvalue weighted by Crippen LogP contribution is 2.39. The second-order valence-electron chi connectivity index (χ2n) is 6.91. The van der Waals surface area contributed by atoms with Gasteiger partial charge in [0.25, 0.3) is 11.8 Å². The van der Waals surface area contributed by atoms with E-state index in [0.717, 1.165) is 29.6 Å². The maximum absolute atomic E-state index is 12.7. The molecule has 11 heteroatoms. The van der Waals surface area contributed by atoms with Crippen LogP contribution in [0, 0.1) is 0 Å². The Bertz CT molecular complexity index is 1340. The number of anilines is 1. The summed E-state index contributed by atoms with van der Waals surface area (Å²) in [5.41, 5.74) is 7.38. The third kappa shape index (κ3) is 4.94. The van der Waals surface area contributed by atoms with Crippen LogP contribution in [0.1, 0.15) is 30.5 Å². The summed E-state index contributed by atoms with van der Waals surface area (Å²) in [6.07, 6.45) is 3.51. The van der Waals surface area contributed by atoms with Crippen LogP contribution in [0.5, 0.6) is 0 Å². The van der Waals surface area contributed by atoms with Crippen molar-refractivity contribution >= 4 is 64.3 Å². The quantitative estimate of drug-likeness (QED) is 0.352. The Kier molecular flexibility index (Phi) is 7.11. The van der Waals surface area contributed by atoms with Crippen LogP contribution in [0.2, 0.25) is 0 Å². The summed E-state index contributed by atoms with van der Waals surface area (Å²) in [7, 11) is 0. The highest BCUT2D eigenvalue weighted by Gasteiger charge is 2.20. The first-order chi connectivity index (χ1) is 15.6.